The van der Waals surface area contributed by atoms with E-state index in [1.807, 2.05) is 0 Å². The van der Waals surface area contributed by atoms with Crippen molar-refractivity contribution in [1.82, 2.24) is 9.55 Å². The van der Waals surface area contributed by atoms with E-state index in [-0.39, 0.29) is 18.8 Å². The van der Waals surface area contributed by atoms with Gasteiger partial charge in [-0.3, -0.25) is 14.2 Å². The Morgan fingerprint density at radius 3 is 2.73 bits per heavy atom. The Morgan fingerprint density at radius 2 is 2.07 bits per heavy atom. The van der Waals surface area contributed by atoms with Gasteiger partial charge in [0, 0.05) is 26.5 Å². The number of anilines is 2. The van der Waals surface area contributed by atoms with E-state index in [0.717, 1.165) is 0 Å². The second-order valence-corrected chi connectivity index (χ2v) is 6.92. The van der Waals surface area contributed by atoms with E-state index < -0.39 is 36.1 Å². The molecule has 1 aliphatic heterocycles. The van der Waals surface area contributed by atoms with Gasteiger partial charge >= 0.3 is 17.6 Å². The normalized spacial score (nSPS) is 20.5. The summed E-state index contributed by atoms with van der Waals surface area (Å²) in [6.45, 7) is 2.44. The molecule has 1 unspecified atom stereocenters. The molecule has 2 N–H and O–H groups in total. The fourth-order valence-electron chi connectivity index (χ4n) is 3.16. The Labute approximate surface area is 173 Å². The van der Waals surface area contributed by atoms with Gasteiger partial charge in [0.25, 0.3) is 0 Å². The minimum atomic E-state index is -0.743. The van der Waals surface area contributed by atoms with Crippen molar-refractivity contribution in [2.75, 3.05) is 11.9 Å². The number of carbonyl (C=O) groups is 2. The van der Waals surface area contributed by atoms with Crippen LogP contribution in [0.25, 0.3) is 0 Å². The number of hydrogen-bond acceptors (Lipinski definition) is 9. The SMILES string of the molecule is Bc1cn([C@H]2CC(OC(C)=O)[C@@H](COC(C)=O)O2)c(=O)nc1Nc1ccccc1O. The number of aromatic hydroxyl groups is 1. The molecule has 2 heterocycles. The highest BCUT2D eigenvalue weighted by Gasteiger charge is 2.39. The molecule has 0 bridgehead atoms. The van der Waals surface area contributed by atoms with E-state index in [1.54, 1.807) is 32.2 Å². The van der Waals surface area contributed by atoms with Gasteiger partial charge in [0.05, 0.1) is 5.69 Å². The van der Waals surface area contributed by atoms with Crippen LogP contribution in [-0.2, 0) is 23.8 Å². The van der Waals surface area contributed by atoms with Gasteiger partial charge in [0.2, 0.25) is 0 Å². The number of nitrogens with one attached hydrogen (secondary N) is 1. The quantitative estimate of drug-likeness (QED) is 0.372. The first-order chi connectivity index (χ1) is 14.2. The second kappa shape index (κ2) is 8.99. The van der Waals surface area contributed by atoms with Crippen LogP contribution in [0.1, 0.15) is 26.5 Å². The molecule has 30 heavy (non-hydrogen) atoms. The first kappa shape index (κ1) is 21.4. The van der Waals surface area contributed by atoms with E-state index in [4.69, 9.17) is 14.2 Å². The van der Waals surface area contributed by atoms with Crippen molar-refractivity contribution < 1.29 is 28.9 Å². The average molecular weight is 415 g/mol. The first-order valence-electron chi connectivity index (χ1n) is 9.35. The van der Waals surface area contributed by atoms with Crippen LogP contribution in [0.15, 0.2) is 35.3 Å². The number of nitrogens with zero attached hydrogens (tertiary/aromatic N) is 2. The van der Waals surface area contributed by atoms with Crippen molar-refractivity contribution in [1.29, 1.82) is 0 Å². The molecular weight excluding hydrogens is 393 g/mol. The fraction of sp³-hybridized carbons (Fsp3) is 0.368. The van der Waals surface area contributed by atoms with Gasteiger partial charge in [0.15, 0.2) is 0 Å². The maximum absolute atomic E-state index is 12.6. The zero-order valence-electron chi connectivity index (χ0n) is 16.8. The fourth-order valence-corrected chi connectivity index (χ4v) is 3.16. The maximum Gasteiger partial charge on any atom is 0.351 e. The van der Waals surface area contributed by atoms with Gasteiger partial charge in [-0.25, -0.2) is 4.79 Å². The van der Waals surface area contributed by atoms with Gasteiger partial charge in [-0.15, -0.1) is 0 Å². The number of esters is 2. The van der Waals surface area contributed by atoms with Crippen LogP contribution < -0.4 is 16.5 Å². The van der Waals surface area contributed by atoms with Crippen molar-refractivity contribution in [3.63, 3.8) is 0 Å². The lowest BCUT2D eigenvalue weighted by Crippen LogP contribution is -2.33. The van der Waals surface area contributed by atoms with Gasteiger partial charge in [-0.05, 0) is 17.6 Å². The van der Waals surface area contributed by atoms with E-state index >= 15 is 0 Å². The second-order valence-electron chi connectivity index (χ2n) is 6.92. The molecular formula is C19H22BN3O7. The van der Waals surface area contributed by atoms with Crippen LogP contribution in [0.5, 0.6) is 5.75 Å². The average Bonchev–Trinajstić information content (AvgIpc) is 3.06. The predicted molar refractivity (Wildman–Crippen MR) is 109 cm³/mol. The Hall–Kier alpha value is -3.34. The van der Waals surface area contributed by atoms with Gasteiger partial charge in [-0.2, -0.15) is 4.98 Å². The van der Waals surface area contributed by atoms with Gasteiger partial charge in [0.1, 0.15) is 44.5 Å². The summed E-state index contributed by atoms with van der Waals surface area (Å²) in [6, 6.07) is 6.60. The molecule has 158 valence electrons. The van der Waals surface area contributed by atoms with Crippen molar-refractivity contribution in [2.45, 2.75) is 38.7 Å². The lowest BCUT2D eigenvalue weighted by molar-refractivity contribution is -0.155. The summed E-state index contributed by atoms with van der Waals surface area (Å²) < 4.78 is 17.4. The number of carbonyl (C=O) groups excluding carboxylic acids is 2. The lowest BCUT2D eigenvalue weighted by atomic mass is 9.98. The molecule has 2 aromatic rings. The number of phenols is 1. The zero-order valence-corrected chi connectivity index (χ0v) is 16.8. The highest BCUT2D eigenvalue weighted by molar-refractivity contribution is 6.35. The van der Waals surface area contributed by atoms with E-state index in [1.165, 1.54) is 24.5 Å². The Kier molecular flexibility index (Phi) is 6.41. The van der Waals surface area contributed by atoms with Crippen LogP contribution in [-0.4, -0.2) is 53.3 Å². The topological polar surface area (TPSA) is 129 Å². The number of ether oxygens (including phenoxy) is 3. The van der Waals surface area contributed by atoms with Crippen LogP contribution in [0.2, 0.25) is 0 Å². The third kappa shape index (κ3) is 4.98. The van der Waals surface area contributed by atoms with Crippen molar-refractivity contribution in [3.8, 4) is 5.75 Å². The summed E-state index contributed by atoms with van der Waals surface area (Å²) in [6.07, 6.45) is -0.333. The molecule has 1 saturated heterocycles. The lowest BCUT2D eigenvalue weighted by Gasteiger charge is -2.18. The molecule has 1 aromatic carbocycles. The number of hydrogen-bond donors (Lipinski definition) is 2. The maximum atomic E-state index is 12.6. The predicted octanol–water partition coefficient (Wildman–Crippen LogP) is -0.267. The monoisotopic (exact) mass is 415 g/mol. The molecule has 0 aliphatic carbocycles. The number of para-hydroxylation sites is 2. The zero-order chi connectivity index (χ0) is 21.8. The Bertz CT molecular complexity index is 1010. The van der Waals surface area contributed by atoms with Gasteiger partial charge in [-0.1, -0.05) is 12.1 Å². The highest BCUT2D eigenvalue weighted by Crippen LogP contribution is 2.30. The van der Waals surface area contributed by atoms with Crippen molar-refractivity contribution >= 4 is 36.8 Å². The molecule has 3 atom stereocenters. The first-order valence-corrected chi connectivity index (χ1v) is 9.35. The smallest absolute Gasteiger partial charge is 0.351 e. The van der Waals surface area contributed by atoms with Gasteiger partial charge < -0.3 is 24.6 Å². The Morgan fingerprint density at radius 1 is 1.33 bits per heavy atom. The summed E-state index contributed by atoms with van der Waals surface area (Å²) in [5.74, 6) is -0.665. The summed E-state index contributed by atoms with van der Waals surface area (Å²) in [7, 11) is 1.75. The molecule has 0 amide bonds. The van der Waals surface area contributed by atoms with Crippen molar-refractivity contribution in [3.05, 3.63) is 40.9 Å². The molecule has 0 radical (unpaired) electrons. The summed E-state index contributed by atoms with van der Waals surface area (Å²) >= 11 is 0. The summed E-state index contributed by atoms with van der Waals surface area (Å²) in [4.78, 5) is 39.2. The van der Waals surface area contributed by atoms with E-state index in [0.29, 0.717) is 17.0 Å². The van der Waals surface area contributed by atoms with Crippen LogP contribution in [0.4, 0.5) is 11.5 Å². The molecule has 0 spiro atoms. The molecule has 0 saturated carbocycles. The number of aromatic nitrogens is 2. The minimum absolute atomic E-state index is 0.0274. The highest BCUT2D eigenvalue weighted by atomic mass is 16.6. The van der Waals surface area contributed by atoms with Crippen LogP contribution in [0, 0.1) is 0 Å². The van der Waals surface area contributed by atoms with E-state index in [2.05, 4.69) is 10.3 Å². The molecule has 1 fully saturated rings. The van der Waals surface area contributed by atoms with E-state index in [9.17, 15) is 19.5 Å². The van der Waals surface area contributed by atoms with Crippen LogP contribution >= 0.6 is 0 Å². The van der Waals surface area contributed by atoms with Crippen molar-refractivity contribution in [2.24, 2.45) is 0 Å². The molecule has 11 heteroatoms. The minimum Gasteiger partial charge on any atom is -0.506 e. The standard InChI is InChI=1S/C19H22BN3O7/c1-10(24)28-9-16-15(29-11(2)25)7-17(30-16)23-8-12(20)18(22-19(23)27)21-13-5-3-4-6-14(13)26/h3-6,8,15-17,26H,7,9,20H2,1-2H3,(H,21,22,27)/t15?,16-,17-/m1/s1. The summed E-state index contributed by atoms with van der Waals surface area (Å²) in [5, 5.41) is 12.8. The Balaban J connectivity index is 1.82. The number of rotatable bonds is 6. The molecule has 1 aromatic heterocycles. The molecule has 1 aliphatic rings. The third-order valence-electron chi connectivity index (χ3n) is 4.55. The molecule has 3 rings (SSSR count). The number of phenolic OH excluding ortho intramolecular Hbond substituents is 1. The summed E-state index contributed by atoms with van der Waals surface area (Å²) in [5.41, 5.74) is 0.464. The largest absolute Gasteiger partial charge is 0.506 e. The van der Waals surface area contributed by atoms with Crippen LogP contribution in [0.3, 0.4) is 0 Å². The number of benzene rings is 1. The third-order valence-corrected chi connectivity index (χ3v) is 4.55. The molecule has 10 nitrogen and oxygen atoms in total.